The summed E-state index contributed by atoms with van der Waals surface area (Å²) in [6, 6.07) is 12.2. The van der Waals surface area contributed by atoms with Gasteiger partial charge in [0, 0.05) is 45.6 Å². The highest BCUT2D eigenvalue weighted by Gasteiger charge is 2.30. The third-order valence-corrected chi connectivity index (χ3v) is 8.05. The normalized spacial score (nSPS) is 16.1. The van der Waals surface area contributed by atoms with Gasteiger partial charge in [-0.25, -0.2) is 17.9 Å². The van der Waals surface area contributed by atoms with Gasteiger partial charge in [-0.1, -0.05) is 43.9 Å². The molecule has 9 heteroatoms. The van der Waals surface area contributed by atoms with Gasteiger partial charge in [-0.3, -0.25) is 0 Å². The Hall–Kier alpha value is -1.85. The van der Waals surface area contributed by atoms with Gasteiger partial charge in [-0.15, -0.1) is 0 Å². The van der Waals surface area contributed by atoms with Crippen LogP contribution in [0.1, 0.15) is 55.2 Å². The molecule has 5 nitrogen and oxygen atoms in total. The summed E-state index contributed by atoms with van der Waals surface area (Å²) in [5.41, 5.74) is 0.468. The Kier molecular flexibility index (Phi) is 7.20. The number of nitrogens with one attached hydrogen (secondary N) is 1. The lowest BCUT2D eigenvalue weighted by atomic mass is 10.0. The van der Waals surface area contributed by atoms with Crippen LogP contribution in [0.5, 0.6) is 0 Å². The van der Waals surface area contributed by atoms with E-state index in [0.29, 0.717) is 6.42 Å². The molecule has 1 N–H and O–H groups in total. The third kappa shape index (κ3) is 5.99. The molecule has 176 valence electrons. The van der Waals surface area contributed by atoms with Crippen molar-refractivity contribution < 1.29 is 21.6 Å². The van der Waals surface area contributed by atoms with Crippen LogP contribution < -0.4 is 10.3 Å². The molecule has 33 heavy (non-hydrogen) atoms. The van der Waals surface area contributed by atoms with Gasteiger partial charge in [0.15, 0.2) is 0 Å². The van der Waals surface area contributed by atoms with E-state index in [1.165, 1.54) is 6.07 Å². The molecule has 0 radical (unpaired) electrons. The second-order valence-corrected chi connectivity index (χ2v) is 11.5. The Morgan fingerprint density at radius 2 is 1.61 bits per heavy atom. The molecule has 0 unspecified atom stereocenters. The average Bonchev–Trinajstić information content (AvgIpc) is 3.01. The van der Waals surface area contributed by atoms with Gasteiger partial charge in [0.2, 0.25) is 10.0 Å². The summed E-state index contributed by atoms with van der Waals surface area (Å²) < 4.78 is 58.2. The Morgan fingerprint density at radius 3 is 2.24 bits per heavy atom. The van der Waals surface area contributed by atoms with Gasteiger partial charge in [0.25, 0.3) is 0 Å². The van der Waals surface area contributed by atoms with Crippen LogP contribution in [0.4, 0.5) is 8.78 Å². The molecule has 1 aromatic heterocycles. The van der Waals surface area contributed by atoms with Crippen molar-refractivity contribution >= 4 is 43.6 Å². The number of alkyl halides is 3. The quantitative estimate of drug-likeness (QED) is 0.170. The minimum absolute atomic E-state index is 0.0277. The van der Waals surface area contributed by atoms with Crippen LogP contribution in [0.25, 0.3) is 11.0 Å². The summed E-state index contributed by atoms with van der Waals surface area (Å²) >= 11 is 0.998. The summed E-state index contributed by atoms with van der Waals surface area (Å²) in [6.45, 7) is 0. The van der Waals surface area contributed by atoms with E-state index in [4.69, 9.17) is 4.42 Å². The smallest absolute Gasteiger partial charge is 0.336 e. The summed E-state index contributed by atoms with van der Waals surface area (Å²) in [4.78, 5) is 11.8. The van der Waals surface area contributed by atoms with Crippen molar-refractivity contribution in [2.75, 3.05) is 0 Å². The topological polar surface area (TPSA) is 76.4 Å². The van der Waals surface area contributed by atoms with Gasteiger partial charge in [-0.05, 0) is 54.7 Å². The standard InChI is InChI=1S/C24H24F2INO4S/c25-24(26,27)21-15-23(29)32-22-12-9-17(14-20(21)22)13-16-7-10-19(11-8-16)33(30,31)28-18-5-3-1-2-4-6-18/h7-12,14-15,18,28H,1-6,13H2. The fraction of sp³-hybridized carbons (Fsp3) is 0.375. The summed E-state index contributed by atoms with van der Waals surface area (Å²) in [5, 5.41) is 0.179. The monoisotopic (exact) mass is 587 g/mol. The maximum Gasteiger partial charge on any atom is 0.336 e. The third-order valence-electron chi connectivity index (χ3n) is 5.93. The molecule has 1 saturated carbocycles. The first kappa shape index (κ1) is 24.3. The molecule has 1 aliphatic carbocycles. The number of hydrogen-bond donors (Lipinski definition) is 1. The summed E-state index contributed by atoms with van der Waals surface area (Å²) in [6.07, 6.45) is 6.49. The molecule has 0 aliphatic heterocycles. The lowest BCUT2D eigenvalue weighted by Gasteiger charge is -2.16. The second kappa shape index (κ2) is 9.79. The lowest BCUT2D eigenvalue weighted by molar-refractivity contribution is 0.128. The molecule has 1 fully saturated rings. The first-order chi connectivity index (χ1) is 15.6. The van der Waals surface area contributed by atoms with Gasteiger partial charge >= 0.3 is 9.55 Å². The van der Waals surface area contributed by atoms with Crippen LogP contribution in [0.15, 0.2) is 62.6 Å². The van der Waals surface area contributed by atoms with Crippen LogP contribution in [0.3, 0.4) is 0 Å². The first-order valence-corrected chi connectivity index (χ1v) is 13.4. The fourth-order valence-electron chi connectivity index (χ4n) is 4.26. The SMILES string of the molecule is O=c1cc(C(F)(F)I)c2cc(Cc3ccc(S(=O)(=O)NC4CCCCCC4)cc3)ccc2o1. The van der Waals surface area contributed by atoms with Crippen LogP contribution >= 0.6 is 22.6 Å². The molecule has 1 heterocycles. The Bertz CT molecular complexity index is 1290. The van der Waals surface area contributed by atoms with Gasteiger partial charge < -0.3 is 4.42 Å². The van der Waals surface area contributed by atoms with E-state index < -0.39 is 19.6 Å². The number of benzene rings is 2. The molecule has 0 saturated heterocycles. The average molecular weight is 587 g/mol. The van der Waals surface area contributed by atoms with Crippen molar-refractivity contribution in [1.82, 2.24) is 4.72 Å². The van der Waals surface area contributed by atoms with E-state index in [0.717, 1.165) is 78.3 Å². The summed E-state index contributed by atoms with van der Waals surface area (Å²) in [5.74, 6) is 0. The Labute approximate surface area is 204 Å². The van der Waals surface area contributed by atoms with Gasteiger partial charge in [0.05, 0.1) is 4.90 Å². The number of fused-ring (bicyclic) bond motifs is 1. The van der Waals surface area contributed by atoms with Crippen molar-refractivity contribution in [3.8, 4) is 0 Å². The minimum atomic E-state index is -3.60. The highest BCUT2D eigenvalue weighted by atomic mass is 127. The number of halogens is 3. The lowest BCUT2D eigenvalue weighted by Crippen LogP contribution is -2.34. The molecule has 3 aromatic rings. The predicted octanol–water partition coefficient (Wildman–Crippen LogP) is 5.87. The molecule has 2 aromatic carbocycles. The second-order valence-electron chi connectivity index (χ2n) is 8.44. The molecule has 0 atom stereocenters. The maximum atomic E-state index is 14.0. The minimum Gasteiger partial charge on any atom is -0.423 e. The van der Waals surface area contributed by atoms with Crippen LogP contribution in [0.2, 0.25) is 0 Å². The molecule has 0 amide bonds. The number of hydrogen-bond acceptors (Lipinski definition) is 4. The maximum absolute atomic E-state index is 14.0. The molecule has 1 aliphatic rings. The molecule has 4 rings (SSSR count). The van der Waals surface area contributed by atoms with E-state index >= 15 is 0 Å². The highest BCUT2D eigenvalue weighted by molar-refractivity contribution is 14.1. The van der Waals surface area contributed by atoms with Crippen molar-refractivity contribution in [3.63, 3.8) is 0 Å². The molecular formula is C24H24F2INO4S. The van der Waals surface area contributed by atoms with Gasteiger partial charge in [0.1, 0.15) is 5.58 Å². The van der Waals surface area contributed by atoms with Crippen LogP contribution in [-0.2, 0) is 20.4 Å². The predicted molar refractivity (Wildman–Crippen MR) is 131 cm³/mol. The van der Waals surface area contributed by atoms with E-state index in [-0.39, 0.29) is 27.5 Å². The molecular weight excluding hydrogens is 563 g/mol. The van der Waals surface area contributed by atoms with Crippen molar-refractivity contribution in [2.24, 2.45) is 0 Å². The summed E-state index contributed by atoms with van der Waals surface area (Å²) in [7, 11) is -3.60. The van der Waals surface area contributed by atoms with E-state index in [2.05, 4.69) is 4.72 Å². The zero-order valence-electron chi connectivity index (χ0n) is 17.8. The zero-order chi connectivity index (χ0) is 23.6. The van der Waals surface area contributed by atoms with Gasteiger partial charge in [-0.2, -0.15) is 8.78 Å². The van der Waals surface area contributed by atoms with E-state index in [1.54, 1.807) is 36.4 Å². The first-order valence-electron chi connectivity index (χ1n) is 10.9. The van der Waals surface area contributed by atoms with Crippen LogP contribution in [-0.4, -0.2) is 14.5 Å². The number of sulfonamides is 1. The fourth-order valence-corrected chi connectivity index (χ4v) is 6.01. The Morgan fingerprint density at radius 1 is 0.970 bits per heavy atom. The van der Waals surface area contributed by atoms with Crippen molar-refractivity contribution in [1.29, 1.82) is 0 Å². The van der Waals surface area contributed by atoms with Crippen LogP contribution in [0, 0.1) is 0 Å². The molecule has 0 spiro atoms. The highest BCUT2D eigenvalue weighted by Crippen LogP contribution is 2.38. The molecule has 0 bridgehead atoms. The zero-order valence-corrected chi connectivity index (χ0v) is 20.8. The largest absolute Gasteiger partial charge is 0.423 e. The number of rotatable bonds is 6. The van der Waals surface area contributed by atoms with E-state index in [9.17, 15) is 22.0 Å². The Balaban J connectivity index is 1.54. The van der Waals surface area contributed by atoms with Crippen molar-refractivity contribution in [3.05, 3.63) is 75.6 Å². The van der Waals surface area contributed by atoms with Crippen molar-refractivity contribution in [2.45, 2.75) is 59.8 Å². The van der Waals surface area contributed by atoms with E-state index in [1.807, 2.05) is 0 Å².